The monoisotopic (exact) mass is 439 g/mol. The molecule has 4 rings (SSSR count). The van der Waals surface area contributed by atoms with E-state index in [1.807, 2.05) is 46.7 Å². The van der Waals surface area contributed by atoms with E-state index in [9.17, 15) is 14.4 Å². The number of piperidine rings is 2. The summed E-state index contributed by atoms with van der Waals surface area (Å²) in [5.74, 6) is -0.147. The summed E-state index contributed by atoms with van der Waals surface area (Å²) in [4.78, 5) is 42.5. The van der Waals surface area contributed by atoms with Crippen molar-refractivity contribution in [3.8, 4) is 0 Å². The van der Waals surface area contributed by atoms with Gasteiger partial charge in [0.15, 0.2) is 0 Å². The van der Waals surface area contributed by atoms with Crippen LogP contribution >= 0.6 is 11.3 Å². The molecule has 1 atom stereocenters. The van der Waals surface area contributed by atoms with Gasteiger partial charge in [0.05, 0.1) is 10.8 Å². The molecule has 0 saturated carbocycles. The second kappa shape index (κ2) is 10.1. The molecule has 2 saturated heterocycles. The van der Waals surface area contributed by atoms with Crippen LogP contribution in [0.2, 0.25) is 0 Å². The summed E-state index contributed by atoms with van der Waals surface area (Å²) < 4.78 is 0. The number of carbonyl (C=O) groups is 3. The molecule has 0 aliphatic carbocycles. The molecule has 1 N–H and O–H groups in total. The molecule has 2 aromatic rings. The minimum Gasteiger partial charge on any atom is -0.352 e. The van der Waals surface area contributed by atoms with Crippen molar-refractivity contribution in [2.45, 2.75) is 38.6 Å². The second-order valence-corrected chi connectivity index (χ2v) is 9.29. The first-order valence-corrected chi connectivity index (χ1v) is 12.0. The van der Waals surface area contributed by atoms with Crippen molar-refractivity contribution in [3.05, 3.63) is 57.8 Å². The molecule has 0 radical (unpaired) electrons. The number of hydrogen-bond donors (Lipinski definition) is 1. The zero-order valence-electron chi connectivity index (χ0n) is 17.7. The fourth-order valence-electron chi connectivity index (χ4n) is 4.36. The van der Waals surface area contributed by atoms with Gasteiger partial charge in [-0.2, -0.15) is 0 Å². The predicted molar refractivity (Wildman–Crippen MR) is 121 cm³/mol. The smallest absolute Gasteiger partial charge is 0.263 e. The van der Waals surface area contributed by atoms with Crippen molar-refractivity contribution in [2.75, 3.05) is 26.2 Å². The Morgan fingerprint density at radius 3 is 2.52 bits per heavy atom. The summed E-state index contributed by atoms with van der Waals surface area (Å²) in [5, 5.41) is 4.90. The number of rotatable bonds is 5. The molecule has 2 aliphatic rings. The van der Waals surface area contributed by atoms with Gasteiger partial charge < -0.3 is 15.1 Å². The first-order valence-electron chi connectivity index (χ1n) is 11.1. The molecule has 3 heterocycles. The molecule has 6 nitrogen and oxygen atoms in total. The zero-order valence-corrected chi connectivity index (χ0v) is 18.5. The Labute approximate surface area is 187 Å². The molecule has 0 spiro atoms. The van der Waals surface area contributed by atoms with Crippen molar-refractivity contribution in [1.29, 1.82) is 0 Å². The number of likely N-dealkylation sites (tertiary alicyclic amines) is 2. The summed E-state index contributed by atoms with van der Waals surface area (Å²) in [6.45, 7) is 3.18. The predicted octanol–water partition coefficient (Wildman–Crippen LogP) is 3.54. The van der Waals surface area contributed by atoms with Gasteiger partial charge in [-0.1, -0.05) is 18.2 Å². The van der Waals surface area contributed by atoms with Crippen LogP contribution in [0.4, 0.5) is 0 Å². The molecule has 0 bridgehead atoms. The highest BCUT2D eigenvalue weighted by atomic mass is 32.1. The second-order valence-electron chi connectivity index (χ2n) is 8.34. The van der Waals surface area contributed by atoms with E-state index >= 15 is 0 Å². The first-order chi connectivity index (χ1) is 15.1. The fraction of sp³-hybridized carbons (Fsp3) is 0.458. The number of nitrogens with zero attached hydrogens (tertiary/aromatic N) is 2. The number of nitrogens with one attached hydrogen (secondary N) is 1. The molecular weight excluding hydrogens is 410 g/mol. The van der Waals surface area contributed by atoms with Crippen molar-refractivity contribution < 1.29 is 14.4 Å². The molecule has 3 amide bonds. The molecule has 164 valence electrons. The highest BCUT2D eigenvalue weighted by molar-refractivity contribution is 7.12. The van der Waals surface area contributed by atoms with E-state index in [1.54, 1.807) is 4.90 Å². The van der Waals surface area contributed by atoms with Gasteiger partial charge in [0.25, 0.3) is 11.8 Å². The maximum Gasteiger partial charge on any atom is 0.263 e. The van der Waals surface area contributed by atoms with E-state index in [-0.39, 0.29) is 23.6 Å². The Hall–Kier alpha value is -2.67. The van der Waals surface area contributed by atoms with Crippen molar-refractivity contribution in [2.24, 2.45) is 5.92 Å². The number of amides is 3. The van der Waals surface area contributed by atoms with Crippen LogP contribution in [0.3, 0.4) is 0 Å². The Balaban J connectivity index is 1.32. The highest BCUT2D eigenvalue weighted by Gasteiger charge is 2.29. The maximum atomic E-state index is 12.8. The third kappa shape index (κ3) is 5.34. The van der Waals surface area contributed by atoms with Crippen LogP contribution in [0.25, 0.3) is 0 Å². The van der Waals surface area contributed by atoms with Gasteiger partial charge in [-0.05, 0) is 61.2 Å². The Morgan fingerprint density at radius 2 is 1.74 bits per heavy atom. The van der Waals surface area contributed by atoms with Crippen LogP contribution < -0.4 is 5.32 Å². The van der Waals surface area contributed by atoms with Crippen LogP contribution in [-0.2, 0) is 11.3 Å². The quantitative estimate of drug-likeness (QED) is 0.775. The van der Waals surface area contributed by atoms with E-state index < -0.39 is 0 Å². The van der Waals surface area contributed by atoms with Crippen LogP contribution in [0.15, 0.2) is 41.8 Å². The fourth-order valence-corrected chi connectivity index (χ4v) is 5.05. The minimum absolute atomic E-state index is 0.0106. The van der Waals surface area contributed by atoms with Gasteiger partial charge in [-0.15, -0.1) is 11.3 Å². The van der Waals surface area contributed by atoms with Crippen molar-refractivity contribution in [3.63, 3.8) is 0 Å². The third-order valence-corrected chi connectivity index (χ3v) is 6.95. The van der Waals surface area contributed by atoms with E-state index in [4.69, 9.17) is 0 Å². The lowest BCUT2D eigenvalue weighted by atomic mass is 9.96. The Kier molecular flexibility index (Phi) is 7.02. The highest BCUT2D eigenvalue weighted by Crippen LogP contribution is 2.21. The zero-order chi connectivity index (χ0) is 21.6. The van der Waals surface area contributed by atoms with E-state index in [0.717, 1.165) is 49.2 Å². The molecule has 1 unspecified atom stereocenters. The molecule has 2 aliphatic heterocycles. The van der Waals surface area contributed by atoms with E-state index in [0.29, 0.717) is 25.2 Å². The standard InChI is InChI=1S/C24H29N3O3S/c28-22(20-9-5-13-27(17-20)24(30)21-10-6-14-31-21)25-16-18-7-4-8-19(15-18)23(29)26-11-2-1-3-12-26/h4,6-8,10,14-15,20H,1-3,5,9,11-13,16-17H2,(H,25,28). The third-order valence-electron chi connectivity index (χ3n) is 6.10. The lowest BCUT2D eigenvalue weighted by Crippen LogP contribution is -2.45. The van der Waals surface area contributed by atoms with Crippen molar-refractivity contribution >= 4 is 29.1 Å². The van der Waals surface area contributed by atoms with E-state index in [2.05, 4.69) is 5.32 Å². The molecule has 7 heteroatoms. The summed E-state index contributed by atoms with van der Waals surface area (Å²) in [6.07, 6.45) is 4.93. The van der Waals surface area contributed by atoms with Gasteiger partial charge in [-0.25, -0.2) is 0 Å². The maximum absolute atomic E-state index is 12.8. The molecule has 31 heavy (non-hydrogen) atoms. The summed E-state index contributed by atoms with van der Waals surface area (Å²) in [7, 11) is 0. The molecular formula is C24H29N3O3S. The minimum atomic E-state index is -0.198. The van der Waals surface area contributed by atoms with Gasteiger partial charge >= 0.3 is 0 Å². The summed E-state index contributed by atoms with van der Waals surface area (Å²) in [6, 6.07) is 11.2. The number of carbonyl (C=O) groups excluding carboxylic acids is 3. The van der Waals surface area contributed by atoms with E-state index in [1.165, 1.54) is 17.8 Å². The number of hydrogen-bond acceptors (Lipinski definition) is 4. The normalized spacial score (nSPS) is 19.2. The summed E-state index contributed by atoms with van der Waals surface area (Å²) in [5.41, 5.74) is 1.59. The summed E-state index contributed by atoms with van der Waals surface area (Å²) >= 11 is 1.43. The van der Waals surface area contributed by atoms with Gasteiger partial charge in [-0.3, -0.25) is 14.4 Å². The Bertz CT molecular complexity index is 922. The first kappa shape index (κ1) is 21.6. The van der Waals surface area contributed by atoms with Crippen LogP contribution in [-0.4, -0.2) is 53.7 Å². The SMILES string of the molecule is O=C(NCc1cccc(C(=O)N2CCCCC2)c1)C1CCCN(C(=O)c2cccs2)C1. The van der Waals surface area contributed by atoms with Crippen molar-refractivity contribution in [1.82, 2.24) is 15.1 Å². The molecule has 2 fully saturated rings. The number of benzene rings is 1. The lowest BCUT2D eigenvalue weighted by Gasteiger charge is -2.31. The van der Waals surface area contributed by atoms with Crippen LogP contribution in [0.1, 0.15) is 57.7 Å². The van der Waals surface area contributed by atoms with Gasteiger partial charge in [0, 0.05) is 38.3 Å². The average molecular weight is 440 g/mol. The molecule has 1 aromatic carbocycles. The topological polar surface area (TPSA) is 69.7 Å². The number of thiophene rings is 1. The lowest BCUT2D eigenvalue weighted by molar-refractivity contribution is -0.126. The largest absolute Gasteiger partial charge is 0.352 e. The molecule has 1 aromatic heterocycles. The Morgan fingerprint density at radius 1 is 0.935 bits per heavy atom. The van der Waals surface area contributed by atoms with Gasteiger partial charge in [0.2, 0.25) is 5.91 Å². The average Bonchev–Trinajstić information content (AvgIpc) is 3.37. The van der Waals surface area contributed by atoms with Crippen LogP contribution in [0.5, 0.6) is 0 Å². The van der Waals surface area contributed by atoms with Crippen LogP contribution in [0, 0.1) is 5.92 Å². The van der Waals surface area contributed by atoms with Gasteiger partial charge in [0.1, 0.15) is 0 Å².